The molecule has 0 fully saturated rings. The molecule has 158 valence electrons. The number of halogens is 3. The summed E-state index contributed by atoms with van der Waals surface area (Å²) in [5.41, 5.74) is -0.132. The third-order valence-corrected chi connectivity index (χ3v) is 3.79. The molecule has 5 nitrogen and oxygen atoms in total. The molecular formula is C22H19F3O5. The van der Waals surface area contributed by atoms with Crippen LogP contribution in [0.4, 0.5) is 13.2 Å². The van der Waals surface area contributed by atoms with Crippen molar-refractivity contribution in [3.8, 4) is 22.6 Å². The SMILES string of the molecule is C=C(C)C(=O)OCOc1ccc(-c2ccc(OC(=O)C(=C)C)c(C(F)(F)F)c2)cc1. The monoisotopic (exact) mass is 420 g/mol. The Bertz CT molecular complexity index is 975. The van der Waals surface area contributed by atoms with Gasteiger partial charge in [0, 0.05) is 11.1 Å². The van der Waals surface area contributed by atoms with Crippen LogP contribution >= 0.6 is 0 Å². The Morgan fingerprint density at radius 3 is 2.00 bits per heavy atom. The molecule has 0 bridgehead atoms. The van der Waals surface area contributed by atoms with E-state index in [-0.39, 0.29) is 23.5 Å². The summed E-state index contributed by atoms with van der Waals surface area (Å²) in [5, 5.41) is 0. The summed E-state index contributed by atoms with van der Waals surface area (Å²) in [5.74, 6) is -1.78. The van der Waals surface area contributed by atoms with Crippen LogP contribution in [-0.4, -0.2) is 18.7 Å². The first kappa shape index (κ1) is 22.7. The van der Waals surface area contributed by atoms with Gasteiger partial charge in [0.2, 0.25) is 6.79 Å². The fourth-order valence-corrected chi connectivity index (χ4v) is 2.22. The van der Waals surface area contributed by atoms with Gasteiger partial charge in [0.1, 0.15) is 11.5 Å². The molecule has 0 saturated carbocycles. The van der Waals surface area contributed by atoms with Crippen LogP contribution in [0.1, 0.15) is 19.4 Å². The first-order chi connectivity index (χ1) is 14.0. The maximum absolute atomic E-state index is 13.4. The Morgan fingerprint density at radius 1 is 0.900 bits per heavy atom. The first-order valence-corrected chi connectivity index (χ1v) is 8.64. The topological polar surface area (TPSA) is 61.8 Å². The summed E-state index contributed by atoms with van der Waals surface area (Å²) in [4.78, 5) is 22.9. The number of hydrogen-bond acceptors (Lipinski definition) is 5. The molecule has 0 atom stereocenters. The number of benzene rings is 2. The van der Waals surface area contributed by atoms with Crippen LogP contribution in [0.2, 0.25) is 0 Å². The normalized spacial score (nSPS) is 10.8. The van der Waals surface area contributed by atoms with Crippen LogP contribution in [0, 0.1) is 0 Å². The predicted octanol–water partition coefficient (Wildman–Crippen LogP) is 5.31. The molecule has 0 saturated heterocycles. The highest BCUT2D eigenvalue weighted by Crippen LogP contribution is 2.39. The molecule has 0 unspecified atom stereocenters. The van der Waals surface area contributed by atoms with E-state index in [0.29, 0.717) is 11.3 Å². The van der Waals surface area contributed by atoms with Gasteiger partial charge in [-0.25, -0.2) is 9.59 Å². The summed E-state index contributed by atoms with van der Waals surface area (Å²) < 4.78 is 55.2. The molecule has 0 radical (unpaired) electrons. The molecule has 0 aromatic heterocycles. The van der Waals surface area contributed by atoms with Gasteiger partial charge in [-0.1, -0.05) is 31.4 Å². The van der Waals surface area contributed by atoms with Crippen molar-refractivity contribution in [2.24, 2.45) is 0 Å². The van der Waals surface area contributed by atoms with Crippen molar-refractivity contribution < 1.29 is 37.0 Å². The number of ether oxygens (including phenoxy) is 3. The highest BCUT2D eigenvalue weighted by molar-refractivity contribution is 5.89. The number of alkyl halides is 3. The Hall–Kier alpha value is -3.55. The Labute approximate surface area is 171 Å². The van der Waals surface area contributed by atoms with E-state index in [1.165, 1.54) is 32.0 Å². The van der Waals surface area contributed by atoms with Gasteiger partial charge >= 0.3 is 18.1 Å². The first-order valence-electron chi connectivity index (χ1n) is 8.64. The molecule has 30 heavy (non-hydrogen) atoms. The zero-order valence-corrected chi connectivity index (χ0v) is 16.3. The summed E-state index contributed by atoms with van der Waals surface area (Å²) in [6.07, 6.45) is -4.73. The largest absolute Gasteiger partial charge is 0.457 e. The second-order valence-electron chi connectivity index (χ2n) is 6.38. The van der Waals surface area contributed by atoms with E-state index in [9.17, 15) is 22.8 Å². The Morgan fingerprint density at radius 2 is 1.47 bits per heavy atom. The maximum atomic E-state index is 13.4. The molecule has 2 rings (SSSR count). The molecular weight excluding hydrogens is 401 g/mol. The second kappa shape index (κ2) is 9.30. The summed E-state index contributed by atoms with van der Waals surface area (Å²) in [7, 11) is 0. The van der Waals surface area contributed by atoms with E-state index >= 15 is 0 Å². The lowest BCUT2D eigenvalue weighted by molar-refractivity contribution is -0.145. The van der Waals surface area contributed by atoms with Crippen LogP contribution in [0.5, 0.6) is 11.5 Å². The molecule has 0 aliphatic heterocycles. The lowest BCUT2D eigenvalue weighted by atomic mass is 10.0. The van der Waals surface area contributed by atoms with Crippen molar-refractivity contribution >= 4 is 11.9 Å². The summed E-state index contributed by atoms with van der Waals surface area (Å²) in [6.45, 7) is 9.31. The highest BCUT2D eigenvalue weighted by atomic mass is 19.4. The van der Waals surface area contributed by atoms with Gasteiger partial charge in [0.15, 0.2) is 0 Å². The maximum Gasteiger partial charge on any atom is 0.420 e. The average Bonchev–Trinajstić information content (AvgIpc) is 2.67. The molecule has 0 N–H and O–H groups in total. The minimum Gasteiger partial charge on any atom is -0.457 e. The predicted molar refractivity (Wildman–Crippen MR) is 104 cm³/mol. The van der Waals surface area contributed by atoms with Crippen LogP contribution in [-0.2, 0) is 20.5 Å². The number of carbonyl (C=O) groups excluding carboxylic acids is 2. The molecule has 0 amide bonds. The quantitative estimate of drug-likeness (QED) is 0.263. The van der Waals surface area contributed by atoms with Crippen molar-refractivity contribution in [3.05, 3.63) is 72.3 Å². The summed E-state index contributed by atoms with van der Waals surface area (Å²) >= 11 is 0. The van der Waals surface area contributed by atoms with Crippen LogP contribution < -0.4 is 9.47 Å². The van der Waals surface area contributed by atoms with Crippen molar-refractivity contribution in [1.82, 2.24) is 0 Å². The van der Waals surface area contributed by atoms with E-state index in [1.807, 2.05) is 0 Å². The third kappa shape index (κ3) is 5.97. The lowest BCUT2D eigenvalue weighted by Gasteiger charge is -2.15. The minimum atomic E-state index is -4.73. The molecule has 0 aliphatic rings. The molecule has 0 aliphatic carbocycles. The van der Waals surface area contributed by atoms with Gasteiger partial charge in [0.05, 0.1) is 5.56 Å². The standard InChI is InChI=1S/C22H19F3O5/c1-13(2)20(26)29-12-28-17-8-5-15(6-9-17)16-7-10-19(30-21(27)14(3)4)18(11-16)22(23,24)25/h5-11H,1,3,12H2,2,4H3. The van der Waals surface area contributed by atoms with Crippen LogP contribution in [0.25, 0.3) is 11.1 Å². The third-order valence-electron chi connectivity index (χ3n) is 3.79. The number of carbonyl (C=O) groups is 2. The van der Waals surface area contributed by atoms with Gasteiger partial charge in [-0.3, -0.25) is 0 Å². The fraction of sp³-hybridized carbons (Fsp3) is 0.182. The molecule has 2 aromatic rings. The van der Waals surface area contributed by atoms with E-state index in [4.69, 9.17) is 14.2 Å². The van der Waals surface area contributed by atoms with Crippen molar-refractivity contribution in [2.75, 3.05) is 6.79 Å². The van der Waals surface area contributed by atoms with Gasteiger partial charge in [-0.2, -0.15) is 13.2 Å². The van der Waals surface area contributed by atoms with Crippen LogP contribution in [0.15, 0.2) is 66.8 Å². The van der Waals surface area contributed by atoms with Gasteiger partial charge in [-0.05, 0) is 49.2 Å². The van der Waals surface area contributed by atoms with E-state index in [0.717, 1.165) is 12.1 Å². The smallest absolute Gasteiger partial charge is 0.420 e. The molecule has 0 heterocycles. The van der Waals surface area contributed by atoms with Gasteiger partial charge in [-0.15, -0.1) is 0 Å². The van der Waals surface area contributed by atoms with E-state index < -0.39 is 29.4 Å². The number of esters is 2. The highest BCUT2D eigenvalue weighted by Gasteiger charge is 2.35. The Balaban J connectivity index is 2.20. The van der Waals surface area contributed by atoms with Crippen LogP contribution in [0.3, 0.4) is 0 Å². The number of hydrogen-bond donors (Lipinski definition) is 0. The lowest BCUT2D eigenvalue weighted by Crippen LogP contribution is -2.14. The van der Waals surface area contributed by atoms with Crippen molar-refractivity contribution in [2.45, 2.75) is 20.0 Å². The average molecular weight is 420 g/mol. The molecule has 0 spiro atoms. The van der Waals surface area contributed by atoms with Crippen molar-refractivity contribution in [3.63, 3.8) is 0 Å². The Kier molecular flexibility index (Phi) is 7.05. The zero-order chi connectivity index (χ0) is 22.5. The van der Waals surface area contributed by atoms with Gasteiger partial charge in [0.25, 0.3) is 0 Å². The fourth-order valence-electron chi connectivity index (χ4n) is 2.22. The van der Waals surface area contributed by atoms with Gasteiger partial charge < -0.3 is 14.2 Å². The van der Waals surface area contributed by atoms with E-state index in [1.54, 1.807) is 12.1 Å². The molecule has 8 heteroatoms. The zero-order valence-electron chi connectivity index (χ0n) is 16.3. The minimum absolute atomic E-state index is 0.0169. The van der Waals surface area contributed by atoms with Crippen molar-refractivity contribution in [1.29, 1.82) is 0 Å². The second-order valence-corrected chi connectivity index (χ2v) is 6.38. The van der Waals surface area contributed by atoms with E-state index in [2.05, 4.69) is 13.2 Å². The summed E-state index contributed by atoms with van der Waals surface area (Å²) in [6, 6.07) is 9.52. The molecule has 2 aromatic carbocycles. The number of rotatable bonds is 7.